The van der Waals surface area contributed by atoms with Crippen molar-refractivity contribution in [2.75, 3.05) is 11.9 Å². The number of nitrogens with one attached hydrogen (secondary N) is 1. The Morgan fingerprint density at radius 3 is 2.67 bits per heavy atom. The van der Waals surface area contributed by atoms with Crippen LogP contribution in [0.2, 0.25) is 5.02 Å². The number of aliphatic hydroxyl groups excluding tert-OH is 1. The normalized spacial score (nSPS) is 15.7. The molecule has 0 aromatic heterocycles. The highest BCUT2D eigenvalue weighted by Crippen LogP contribution is 2.27. The number of carbonyl (C=O) groups excluding carboxylic acids is 1. The molecule has 1 aromatic rings. The zero-order valence-electron chi connectivity index (χ0n) is 12.0. The van der Waals surface area contributed by atoms with Gasteiger partial charge in [0.05, 0.1) is 10.7 Å². The molecule has 0 aliphatic heterocycles. The van der Waals surface area contributed by atoms with Gasteiger partial charge < -0.3 is 10.4 Å². The maximum atomic E-state index is 12.4. The van der Waals surface area contributed by atoms with E-state index in [1.165, 1.54) is 12.8 Å². The summed E-state index contributed by atoms with van der Waals surface area (Å²) in [7, 11) is 0. The molecule has 3 nitrogen and oxygen atoms in total. The van der Waals surface area contributed by atoms with E-state index in [0.29, 0.717) is 10.7 Å². The standard InChI is InChI=1S/C17H20ClNO2/c18-15-10-9-13(6-5-11-20)12-16(15)19-17(21)14-7-3-1-2-4-8-14/h9-10,12,14,20H,1-4,7-8,11H2,(H,19,21). The lowest BCUT2D eigenvalue weighted by Gasteiger charge is -2.15. The number of hydrogen-bond donors (Lipinski definition) is 2. The van der Waals surface area contributed by atoms with Crippen molar-refractivity contribution in [1.29, 1.82) is 0 Å². The van der Waals surface area contributed by atoms with Gasteiger partial charge in [0.1, 0.15) is 6.61 Å². The number of rotatable bonds is 2. The first kappa shape index (κ1) is 15.9. The molecule has 0 heterocycles. The Labute approximate surface area is 130 Å². The summed E-state index contributed by atoms with van der Waals surface area (Å²) in [6.45, 7) is -0.188. The summed E-state index contributed by atoms with van der Waals surface area (Å²) in [6.07, 6.45) is 6.58. The van der Waals surface area contributed by atoms with Crippen LogP contribution in [0.5, 0.6) is 0 Å². The van der Waals surface area contributed by atoms with Gasteiger partial charge in [-0.05, 0) is 31.0 Å². The van der Waals surface area contributed by atoms with E-state index in [-0.39, 0.29) is 18.4 Å². The SMILES string of the molecule is O=C(Nc1cc(C#CCO)ccc1Cl)C1CCCCCC1. The van der Waals surface area contributed by atoms with Gasteiger partial charge in [-0.2, -0.15) is 0 Å². The van der Waals surface area contributed by atoms with Gasteiger partial charge >= 0.3 is 0 Å². The molecule has 2 N–H and O–H groups in total. The first-order chi connectivity index (χ1) is 10.2. The monoisotopic (exact) mass is 305 g/mol. The highest BCUT2D eigenvalue weighted by atomic mass is 35.5. The second kappa shape index (κ2) is 8.07. The lowest BCUT2D eigenvalue weighted by molar-refractivity contribution is -0.120. The average molecular weight is 306 g/mol. The molecule has 1 aliphatic rings. The van der Waals surface area contributed by atoms with Gasteiger partial charge in [0, 0.05) is 11.5 Å². The molecule has 0 atom stereocenters. The molecule has 0 saturated heterocycles. The van der Waals surface area contributed by atoms with Crippen LogP contribution in [0, 0.1) is 17.8 Å². The van der Waals surface area contributed by atoms with Crippen molar-refractivity contribution in [1.82, 2.24) is 0 Å². The fraction of sp³-hybridized carbons (Fsp3) is 0.471. The van der Waals surface area contributed by atoms with Crippen LogP contribution in [0.3, 0.4) is 0 Å². The summed E-state index contributed by atoms with van der Waals surface area (Å²) in [6, 6.07) is 5.23. The summed E-state index contributed by atoms with van der Waals surface area (Å²) < 4.78 is 0. The minimum atomic E-state index is -0.188. The van der Waals surface area contributed by atoms with E-state index in [9.17, 15) is 4.79 Å². The van der Waals surface area contributed by atoms with Crippen LogP contribution >= 0.6 is 11.6 Å². The molecule has 112 valence electrons. The minimum Gasteiger partial charge on any atom is -0.384 e. The van der Waals surface area contributed by atoms with Crippen LogP contribution in [0.1, 0.15) is 44.1 Å². The third kappa shape index (κ3) is 4.77. The Kier molecular flexibility index (Phi) is 6.10. The van der Waals surface area contributed by atoms with Gasteiger partial charge in [-0.25, -0.2) is 0 Å². The van der Waals surface area contributed by atoms with Gasteiger partial charge in [-0.1, -0.05) is 49.1 Å². The zero-order chi connectivity index (χ0) is 15.1. The van der Waals surface area contributed by atoms with Crippen LogP contribution in [0.4, 0.5) is 5.69 Å². The Bertz CT molecular complexity index is 552. The van der Waals surface area contributed by atoms with Crippen molar-refractivity contribution < 1.29 is 9.90 Å². The topological polar surface area (TPSA) is 49.3 Å². The van der Waals surface area contributed by atoms with Gasteiger partial charge in [0.25, 0.3) is 0 Å². The van der Waals surface area contributed by atoms with E-state index in [1.807, 2.05) is 0 Å². The molecule has 0 radical (unpaired) electrons. The molecule has 1 saturated carbocycles. The molecular weight excluding hydrogens is 286 g/mol. The number of halogens is 1. The summed E-state index contributed by atoms with van der Waals surface area (Å²) in [5.41, 5.74) is 1.32. The van der Waals surface area contributed by atoms with Crippen LogP contribution < -0.4 is 5.32 Å². The smallest absolute Gasteiger partial charge is 0.227 e. The minimum absolute atomic E-state index is 0.0473. The van der Waals surface area contributed by atoms with Crippen molar-refractivity contribution in [3.8, 4) is 11.8 Å². The predicted octanol–water partition coefficient (Wildman–Crippen LogP) is 3.59. The van der Waals surface area contributed by atoms with Crippen LogP contribution in [0.25, 0.3) is 0 Å². The number of aliphatic hydroxyl groups is 1. The predicted molar refractivity (Wildman–Crippen MR) is 85.2 cm³/mol. The van der Waals surface area contributed by atoms with Crippen LogP contribution in [0.15, 0.2) is 18.2 Å². The van der Waals surface area contributed by atoms with Crippen LogP contribution in [-0.4, -0.2) is 17.6 Å². The second-order valence-electron chi connectivity index (χ2n) is 5.33. The maximum Gasteiger partial charge on any atom is 0.227 e. The van der Waals surface area contributed by atoms with Crippen molar-refractivity contribution >= 4 is 23.2 Å². The lowest BCUT2D eigenvalue weighted by atomic mass is 9.99. The molecule has 4 heteroatoms. The van der Waals surface area contributed by atoms with E-state index in [2.05, 4.69) is 17.2 Å². The third-order valence-corrected chi connectivity index (χ3v) is 4.09. The van der Waals surface area contributed by atoms with Gasteiger partial charge in [0.15, 0.2) is 0 Å². The maximum absolute atomic E-state index is 12.4. The van der Waals surface area contributed by atoms with Crippen molar-refractivity contribution in [2.45, 2.75) is 38.5 Å². The number of anilines is 1. The zero-order valence-corrected chi connectivity index (χ0v) is 12.7. The van der Waals surface area contributed by atoms with Crippen molar-refractivity contribution in [3.05, 3.63) is 28.8 Å². The summed E-state index contributed by atoms with van der Waals surface area (Å²) in [5, 5.41) is 12.2. The molecule has 0 spiro atoms. The Morgan fingerprint density at radius 1 is 1.29 bits per heavy atom. The number of amides is 1. The molecule has 2 rings (SSSR count). The van der Waals surface area contributed by atoms with Crippen molar-refractivity contribution in [2.24, 2.45) is 5.92 Å². The number of carbonyl (C=O) groups is 1. The van der Waals surface area contributed by atoms with Crippen molar-refractivity contribution in [3.63, 3.8) is 0 Å². The van der Waals surface area contributed by atoms with E-state index in [1.54, 1.807) is 18.2 Å². The Hall–Kier alpha value is -1.50. The summed E-state index contributed by atoms with van der Waals surface area (Å²) in [4.78, 5) is 12.4. The van der Waals surface area contributed by atoms with Gasteiger partial charge in [-0.15, -0.1) is 0 Å². The van der Waals surface area contributed by atoms with Gasteiger partial charge in [0.2, 0.25) is 5.91 Å². The molecule has 1 amide bonds. The molecule has 1 aromatic carbocycles. The van der Waals surface area contributed by atoms with E-state index < -0.39 is 0 Å². The van der Waals surface area contributed by atoms with Crippen LogP contribution in [-0.2, 0) is 4.79 Å². The molecule has 0 unspecified atom stereocenters. The van der Waals surface area contributed by atoms with E-state index in [4.69, 9.17) is 16.7 Å². The highest BCUT2D eigenvalue weighted by molar-refractivity contribution is 6.33. The average Bonchev–Trinajstić information content (AvgIpc) is 2.77. The molecule has 1 fully saturated rings. The fourth-order valence-electron chi connectivity index (χ4n) is 2.62. The molecule has 0 bridgehead atoms. The Balaban J connectivity index is 2.08. The molecule has 1 aliphatic carbocycles. The van der Waals surface area contributed by atoms with Gasteiger partial charge in [-0.3, -0.25) is 4.79 Å². The first-order valence-electron chi connectivity index (χ1n) is 7.41. The number of hydrogen-bond acceptors (Lipinski definition) is 2. The van der Waals surface area contributed by atoms with E-state index in [0.717, 1.165) is 31.2 Å². The highest BCUT2D eigenvalue weighted by Gasteiger charge is 2.20. The quantitative estimate of drug-likeness (QED) is 0.648. The number of benzene rings is 1. The third-order valence-electron chi connectivity index (χ3n) is 3.76. The Morgan fingerprint density at radius 2 is 2.00 bits per heavy atom. The van der Waals surface area contributed by atoms with E-state index >= 15 is 0 Å². The molecular formula is C17H20ClNO2. The second-order valence-corrected chi connectivity index (χ2v) is 5.74. The molecule has 21 heavy (non-hydrogen) atoms. The first-order valence-corrected chi connectivity index (χ1v) is 7.78. The lowest BCUT2D eigenvalue weighted by Crippen LogP contribution is -2.22. The fourth-order valence-corrected chi connectivity index (χ4v) is 2.78. The largest absolute Gasteiger partial charge is 0.384 e. The summed E-state index contributed by atoms with van der Waals surface area (Å²) in [5.74, 6) is 5.53. The summed E-state index contributed by atoms with van der Waals surface area (Å²) >= 11 is 6.13.